The first-order chi connectivity index (χ1) is 6.18. The second kappa shape index (κ2) is 6.49. The molecule has 0 amide bonds. The molecule has 1 N–H and O–H groups in total. The topological polar surface area (TPSA) is 23.5 Å². The number of benzene rings is 1. The molecule has 74 valence electrons. The van der Waals surface area contributed by atoms with Gasteiger partial charge in [0, 0.05) is 6.54 Å². The van der Waals surface area contributed by atoms with E-state index in [1.165, 1.54) is 5.56 Å². The van der Waals surface area contributed by atoms with Gasteiger partial charge in [0.25, 0.3) is 0 Å². The Hall–Kier alpha value is -1.02. The molecule has 2 nitrogen and oxygen atoms in total. The molecule has 0 aliphatic rings. The van der Waals surface area contributed by atoms with Gasteiger partial charge in [0.15, 0.2) is 0 Å². The van der Waals surface area contributed by atoms with Crippen LogP contribution in [0.3, 0.4) is 0 Å². The van der Waals surface area contributed by atoms with Gasteiger partial charge in [-0.25, -0.2) is 0 Å². The van der Waals surface area contributed by atoms with Gasteiger partial charge in [-0.2, -0.15) is 0 Å². The van der Waals surface area contributed by atoms with E-state index in [9.17, 15) is 0 Å². The van der Waals surface area contributed by atoms with Crippen molar-refractivity contribution in [2.75, 3.05) is 14.1 Å². The van der Waals surface area contributed by atoms with E-state index in [4.69, 9.17) is 5.11 Å². The van der Waals surface area contributed by atoms with E-state index in [2.05, 4.69) is 4.90 Å². The van der Waals surface area contributed by atoms with Crippen LogP contribution in [0.2, 0.25) is 0 Å². The zero-order chi connectivity index (χ0) is 10.3. The van der Waals surface area contributed by atoms with E-state index >= 15 is 0 Å². The summed E-state index contributed by atoms with van der Waals surface area (Å²) in [6.45, 7) is 4.92. The monoisotopic (exact) mass is 181 g/mol. The molecule has 0 saturated heterocycles. The molecular formula is C11H19NO. The smallest absolute Gasteiger partial charge is 0.115 e. The first-order valence-electron chi connectivity index (χ1n) is 4.61. The normalized spacial score (nSPS) is 9.31. The lowest BCUT2D eigenvalue weighted by Crippen LogP contribution is -2.10. The Labute approximate surface area is 80.8 Å². The molecule has 0 aromatic heterocycles. The van der Waals surface area contributed by atoms with Gasteiger partial charge in [0.1, 0.15) is 5.75 Å². The molecule has 0 heterocycles. The van der Waals surface area contributed by atoms with E-state index in [-0.39, 0.29) is 0 Å². The van der Waals surface area contributed by atoms with Crippen LogP contribution in [0.5, 0.6) is 5.75 Å². The largest absolute Gasteiger partial charge is 0.508 e. The molecule has 0 aliphatic carbocycles. The highest BCUT2D eigenvalue weighted by Crippen LogP contribution is 2.10. The van der Waals surface area contributed by atoms with Crippen molar-refractivity contribution in [2.24, 2.45) is 0 Å². The second-order valence-electron chi connectivity index (χ2n) is 2.90. The molecule has 2 heteroatoms. The van der Waals surface area contributed by atoms with Gasteiger partial charge in [-0.15, -0.1) is 0 Å². The summed E-state index contributed by atoms with van der Waals surface area (Å²) in [5, 5.41) is 8.98. The summed E-state index contributed by atoms with van der Waals surface area (Å²) in [6.07, 6.45) is 0. The van der Waals surface area contributed by atoms with E-state index in [0.29, 0.717) is 5.75 Å². The Kier molecular flexibility index (Phi) is 5.98. The van der Waals surface area contributed by atoms with E-state index < -0.39 is 0 Å². The first-order valence-corrected chi connectivity index (χ1v) is 4.61. The fraction of sp³-hybridized carbons (Fsp3) is 0.455. The van der Waals surface area contributed by atoms with Crippen LogP contribution in [0.4, 0.5) is 0 Å². The van der Waals surface area contributed by atoms with Gasteiger partial charge in [0.05, 0.1) is 0 Å². The van der Waals surface area contributed by atoms with Gasteiger partial charge in [-0.05, 0) is 31.8 Å². The number of aromatic hydroxyl groups is 1. The van der Waals surface area contributed by atoms with Gasteiger partial charge in [-0.3, -0.25) is 0 Å². The third kappa shape index (κ3) is 5.26. The summed E-state index contributed by atoms with van der Waals surface area (Å²) < 4.78 is 0. The summed E-state index contributed by atoms with van der Waals surface area (Å²) in [5.74, 6) is 0.326. The van der Waals surface area contributed by atoms with E-state index in [1.807, 2.05) is 40.1 Å². The number of nitrogens with zero attached hydrogens (tertiary/aromatic N) is 1. The molecular weight excluding hydrogens is 162 g/mol. The molecule has 0 radical (unpaired) electrons. The minimum absolute atomic E-state index is 0.326. The van der Waals surface area contributed by atoms with Gasteiger partial charge in [0.2, 0.25) is 0 Å². The van der Waals surface area contributed by atoms with Crippen LogP contribution in [-0.4, -0.2) is 24.1 Å². The lowest BCUT2D eigenvalue weighted by molar-refractivity contribution is 0.402. The minimum atomic E-state index is 0.326. The molecule has 1 aromatic carbocycles. The van der Waals surface area contributed by atoms with Crippen LogP contribution in [0, 0.1) is 0 Å². The van der Waals surface area contributed by atoms with Crippen LogP contribution in [0.15, 0.2) is 24.3 Å². The van der Waals surface area contributed by atoms with Crippen molar-refractivity contribution < 1.29 is 5.11 Å². The predicted molar refractivity (Wildman–Crippen MR) is 56.8 cm³/mol. The standard InChI is InChI=1S/C9H13NO.C2H6/c1-10(2)7-8-3-5-9(11)6-4-8;1-2/h3-6,11H,7H2,1-2H3;1-2H3. The van der Waals surface area contributed by atoms with Crippen LogP contribution in [0.25, 0.3) is 0 Å². The predicted octanol–water partition coefficient (Wildman–Crippen LogP) is 2.48. The number of rotatable bonds is 2. The third-order valence-corrected chi connectivity index (χ3v) is 1.44. The van der Waals surface area contributed by atoms with Crippen molar-refractivity contribution >= 4 is 0 Å². The van der Waals surface area contributed by atoms with Crippen LogP contribution in [0.1, 0.15) is 19.4 Å². The maximum absolute atomic E-state index is 8.98. The van der Waals surface area contributed by atoms with Gasteiger partial charge >= 0.3 is 0 Å². The molecule has 0 spiro atoms. The highest BCUT2D eigenvalue weighted by molar-refractivity contribution is 5.25. The maximum Gasteiger partial charge on any atom is 0.115 e. The SMILES string of the molecule is CC.CN(C)Cc1ccc(O)cc1. The fourth-order valence-electron chi connectivity index (χ4n) is 0.967. The highest BCUT2D eigenvalue weighted by atomic mass is 16.3. The summed E-state index contributed by atoms with van der Waals surface area (Å²) in [7, 11) is 4.04. The maximum atomic E-state index is 8.98. The minimum Gasteiger partial charge on any atom is -0.508 e. The van der Waals surface area contributed by atoms with Crippen molar-refractivity contribution in [2.45, 2.75) is 20.4 Å². The van der Waals surface area contributed by atoms with Crippen LogP contribution >= 0.6 is 0 Å². The zero-order valence-corrected chi connectivity index (χ0v) is 8.91. The zero-order valence-electron chi connectivity index (χ0n) is 8.91. The molecule has 1 aromatic rings. The third-order valence-electron chi connectivity index (χ3n) is 1.44. The first kappa shape index (κ1) is 12.0. The molecule has 0 fully saturated rings. The Morgan fingerprint density at radius 2 is 1.54 bits per heavy atom. The fourth-order valence-corrected chi connectivity index (χ4v) is 0.967. The lowest BCUT2D eigenvalue weighted by Gasteiger charge is -2.08. The van der Waals surface area contributed by atoms with Crippen molar-refractivity contribution in [3.05, 3.63) is 29.8 Å². The van der Waals surface area contributed by atoms with Crippen molar-refractivity contribution in [1.29, 1.82) is 0 Å². The molecule has 1 rings (SSSR count). The number of phenolic OH excluding ortho intramolecular Hbond substituents is 1. The Bertz CT molecular complexity index is 216. The molecule has 0 aliphatic heterocycles. The number of hydrogen-bond donors (Lipinski definition) is 1. The molecule has 0 unspecified atom stereocenters. The van der Waals surface area contributed by atoms with Gasteiger partial charge < -0.3 is 10.0 Å². The molecule has 0 saturated carbocycles. The summed E-state index contributed by atoms with van der Waals surface area (Å²) in [5.41, 5.74) is 1.22. The second-order valence-corrected chi connectivity index (χ2v) is 2.90. The Balaban J connectivity index is 0.000000671. The lowest BCUT2D eigenvalue weighted by atomic mass is 10.2. The summed E-state index contributed by atoms with van der Waals surface area (Å²) in [4.78, 5) is 2.09. The number of hydrogen-bond acceptors (Lipinski definition) is 2. The van der Waals surface area contributed by atoms with E-state index in [0.717, 1.165) is 6.54 Å². The van der Waals surface area contributed by atoms with Gasteiger partial charge in [-0.1, -0.05) is 26.0 Å². The molecule has 0 atom stereocenters. The Morgan fingerprint density at radius 3 is 1.92 bits per heavy atom. The molecule has 0 bridgehead atoms. The van der Waals surface area contributed by atoms with Crippen LogP contribution < -0.4 is 0 Å². The highest BCUT2D eigenvalue weighted by Gasteiger charge is 1.93. The number of phenols is 1. The van der Waals surface area contributed by atoms with Crippen molar-refractivity contribution in [1.82, 2.24) is 4.90 Å². The quantitative estimate of drug-likeness (QED) is 0.757. The summed E-state index contributed by atoms with van der Waals surface area (Å²) in [6, 6.07) is 7.27. The average molecular weight is 181 g/mol. The van der Waals surface area contributed by atoms with Crippen LogP contribution in [-0.2, 0) is 6.54 Å². The van der Waals surface area contributed by atoms with Crippen molar-refractivity contribution in [3.63, 3.8) is 0 Å². The van der Waals surface area contributed by atoms with Crippen molar-refractivity contribution in [3.8, 4) is 5.75 Å². The molecule has 13 heavy (non-hydrogen) atoms. The average Bonchev–Trinajstić information content (AvgIpc) is 2.12. The Morgan fingerprint density at radius 1 is 1.08 bits per heavy atom. The van der Waals surface area contributed by atoms with E-state index in [1.54, 1.807) is 12.1 Å². The summed E-state index contributed by atoms with van der Waals surface area (Å²) >= 11 is 0.